The molecular formula is C13H8BrNO2. The van der Waals surface area contributed by atoms with E-state index in [0.29, 0.717) is 16.5 Å². The minimum absolute atomic E-state index is 0.405. The predicted molar refractivity (Wildman–Crippen MR) is 67.7 cm³/mol. The molecule has 0 aromatic heterocycles. The Morgan fingerprint density at radius 3 is 2.76 bits per heavy atom. The van der Waals surface area contributed by atoms with Crippen molar-refractivity contribution in [3.8, 4) is 6.07 Å². The van der Waals surface area contributed by atoms with E-state index in [1.54, 1.807) is 24.3 Å². The van der Waals surface area contributed by atoms with Gasteiger partial charge in [-0.3, -0.25) is 0 Å². The Bertz CT molecular complexity index is 644. The van der Waals surface area contributed by atoms with Crippen molar-refractivity contribution in [3.63, 3.8) is 0 Å². The van der Waals surface area contributed by atoms with Crippen molar-refractivity contribution >= 4 is 32.7 Å². The number of nitrogens with zero attached hydrogens (tertiary/aromatic N) is 1. The highest BCUT2D eigenvalue weighted by Crippen LogP contribution is 2.29. The summed E-state index contributed by atoms with van der Waals surface area (Å²) >= 11 is 3.40. The Morgan fingerprint density at radius 1 is 1.35 bits per heavy atom. The van der Waals surface area contributed by atoms with Crippen molar-refractivity contribution in [1.82, 2.24) is 0 Å². The van der Waals surface area contributed by atoms with Gasteiger partial charge in [0.2, 0.25) is 0 Å². The van der Waals surface area contributed by atoms with Gasteiger partial charge in [0.25, 0.3) is 0 Å². The second-order valence-electron chi connectivity index (χ2n) is 3.43. The van der Waals surface area contributed by atoms with Crippen molar-refractivity contribution in [2.24, 2.45) is 0 Å². The molecule has 2 rings (SSSR count). The third-order valence-corrected chi connectivity index (χ3v) is 3.20. The van der Waals surface area contributed by atoms with E-state index in [4.69, 9.17) is 10.00 Å². The van der Waals surface area contributed by atoms with Gasteiger partial charge in [-0.15, -0.1) is 0 Å². The topological polar surface area (TPSA) is 50.1 Å². The number of carbonyl (C=O) groups excluding carboxylic acids is 1. The summed E-state index contributed by atoms with van der Waals surface area (Å²) in [6.07, 6.45) is 0. The van der Waals surface area contributed by atoms with E-state index >= 15 is 0 Å². The summed E-state index contributed by atoms with van der Waals surface area (Å²) in [6.45, 7) is 0. The van der Waals surface area contributed by atoms with Crippen LogP contribution in [0.3, 0.4) is 0 Å². The van der Waals surface area contributed by atoms with Crippen LogP contribution in [-0.2, 0) is 4.74 Å². The monoisotopic (exact) mass is 289 g/mol. The van der Waals surface area contributed by atoms with E-state index in [0.717, 1.165) is 9.86 Å². The summed E-state index contributed by atoms with van der Waals surface area (Å²) in [7, 11) is 1.32. The maximum Gasteiger partial charge on any atom is 0.338 e. The van der Waals surface area contributed by atoms with Gasteiger partial charge in [0.15, 0.2) is 0 Å². The van der Waals surface area contributed by atoms with Crippen LogP contribution in [0.2, 0.25) is 0 Å². The predicted octanol–water partition coefficient (Wildman–Crippen LogP) is 3.26. The van der Waals surface area contributed by atoms with Crippen molar-refractivity contribution in [1.29, 1.82) is 5.26 Å². The molecule has 0 N–H and O–H groups in total. The molecule has 3 nitrogen and oxygen atoms in total. The van der Waals surface area contributed by atoms with Gasteiger partial charge in [0, 0.05) is 9.86 Å². The van der Waals surface area contributed by atoms with Crippen LogP contribution in [0.25, 0.3) is 10.8 Å². The van der Waals surface area contributed by atoms with Gasteiger partial charge in [-0.25, -0.2) is 4.79 Å². The van der Waals surface area contributed by atoms with Gasteiger partial charge < -0.3 is 4.74 Å². The third-order valence-electron chi connectivity index (χ3n) is 2.51. The first-order chi connectivity index (χ1) is 8.19. The van der Waals surface area contributed by atoms with Crippen LogP contribution in [0.4, 0.5) is 0 Å². The van der Waals surface area contributed by atoms with Crippen molar-refractivity contribution < 1.29 is 9.53 Å². The average molecular weight is 290 g/mol. The zero-order chi connectivity index (χ0) is 12.4. The molecule has 0 aliphatic carbocycles. The van der Waals surface area contributed by atoms with Gasteiger partial charge in [-0.2, -0.15) is 5.26 Å². The summed E-state index contributed by atoms with van der Waals surface area (Å²) in [5.41, 5.74) is 0.868. The largest absolute Gasteiger partial charge is 0.465 e. The second-order valence-corrected chi connectivity index (χ2v) is 4.28. The standard InChI is InChI=1S/C13H8BrNO2/c1-17-13(16)10-4-2-3-9-11(14)6-5-8(7-15)12(9)10/h2-6H,1H3. The minimum Gasteiger partial charge on any atom is -0.465 e. The zero-order valence-electron chi connectivity index (χ0n) is 9.03. The number of esters is 1. The number of rotatable bonds is 1. The quantitative estimate of drug-likeness (QED) is 0.757. The van der Waals surface area contributed by atoms with E-state index in [9.17, 15) is 4.79 Å². The van der Waals surface area contributed by atoms with Gasteiger partial charge >= 0.3 is 5.97 Å². The Balaban J connectivity index is 2.92. The van der Waals surface area contributed by atoms with Crippen LogP contribution >= 0.6 is 15.9 Å². The van der Waals surface area contributed by atoms with Crippen molar-refractivity contribution in [2.75, 3.05) is 7.11 Å². The fourth-order valence-corrected chi connectivity index (χ4v) is 2.21. The minimum atomic E-state index is -0.440. The van der Waals surface area contributed by atoms with E-state index < -0.39 is 5.97 Å². The molecular weight excluding hydrogens is 282 g/mol. The number of fused-ring (bicyclic) bond motifs is 1. The highest BCUT2D eigenvalue weighted by molar-refractivity contribution is 9.10. The van der Waals surface area contributed by atoms with Crippen LogP contribution in [-0.4, -0.2) is 13.1 Å². The number of hydrogen-bond acceptors (Lipinski definition) is 3. The molecule has 84 valence electrons. The Labute approximate surface area is 107 Å². The molecule has 0 radical (unpaired) electrons. The van der Waals surface area contributed by atoms with Crippen LogP contribution < -0.4 is 0 Å². The lowest BCUT2D eigenvalue weighted by atomic mass is 10.00. The highest BCUT2D eigenvalue weighted by atomic mass is 79.9. The fourth-order valence-electron chi connectivity index (χ4n) is 1.74. The molecule has 0 bridgehead atoms. The molecule has 0 heterocycles. The van der Waals surface area contributed by atoms with Crippen molar-refractivity contribution in [2.45, 2.75) is 0 Å². The SMILES string of the molecule is COC(=O)c1cccc2c(Br)ccc(C#N)c12. The summed E-state index contributed by atoms with van der Waals surface area (Å²) in [6, 6.07) is 10.8. The Kier molecular flexibility index (Phi) is 3.12. The maximum atomic E-state index is 11.7. The molecule has 2 aromatic rings. The normalized spacial score (nSPS) is 9.94. The number of halogens is 1. The van der Waals surface area contributed by atoms with Gasteiger partial charge in [0.05, 0.1) is 24.3 Å². The van der Waals surface area contributed by atoms with Gasteiger partial charge in [-0.1, -0.05) is 28.1 Å². The first-order valence-electron chi connectivity index (χ1n) is 4.88. The fraction of sp³-hybridized carbons (Fsp3) is 0.0769. The number of nitriles is 1. The lowest BCUT2D eigenvalue weighted by molar-refractivity contribution is 0.0603. The van der Waals surface area contributed by atoms with Crippen LogP contribution in [0.1, 0.15) is 15.9 Å². The lowest BCUT2D eigenvalue weighted by Crippen LogP contribution is -2.03. The molecule has 0 fully saturated rings. The number of methoxy groups -OCH3 is 1. The van der Waals surface area contributed by atoms with E-state index in [1.165, 1.54) is 7.11 Å². The van der Waals surface area contributed by atoms with Crippen LogP contribution in [0.15, 0.2) is 34.8 Å². The number of benzene rings is 2. The molecule has 0 unspecified atom stereocenters. The summed E-state index contributed by atoms with van der Waals surface area (Å²) in [5.74, 6) is -0.440. The van der Waals surface area contributed by atoms with Gasteiger partial charge in [-0.05, 0) is 23.6 Å². The van der Waals surface area contributed by atoms with E-state index in [1.807, 2.05) is 6.07 Å². The molecule has 2 aromatic carbocycles. The number of hydrogen-bond donors (Lipinski definition) is 0. The molecule has 0 saturated heterocycles. The highest BCUT2D eigenvalue weighted by Gasteiger charge is 2.14. The second kappa shape index (κ2) is 4.56. The molecule has 0 atom stereocenters. The lowest BCUT2D eigenvalue weighted by Gasteiger charge is -2.07. The van der Waals surface area contributed by atoms with Crippen LogP contribution in [0.5, 0.6) is 0 Å². The third kappa shape index (κ3) is 1.90. The summed E-state index contributed by atoms with van der Waals surface area (Å²) < 4.78 is 5.56. The number of carbonyl (C=O) groups is 1. The molecule has 0 spiro atoms. The summed E-state index contributed by atoms with van der Waals surface area (Å²) in [4.78, 5) is 11.7. The maximum absolute atomic E-state index is 11.7. The Hall–Kier alpha value is -1.86. The average Bonchev–Trinajstić information content (AvgIpc) is 2.38. The molecule has 17 heavy (non-hydrogen) atoms. The first-order valence-corrected chi connectivity index (χ1v) is 5.68. The van der Waals surface area contributed by atoms with Crippen LogP contribution in [0, 0.1) is 11.3 Å². The molecule has 0 saturated carbocycles. The van der Waals surface area contributed by atoms with E-state index in [2.05, 4.69) is 22.0 Å². The molecule has 4 heteroatoms. The smallest absolute Gasteiger partial charge is 0.338 e. The number of ether oxygens (including phenoxy) is 1. The molecule has 0 aliphatic rings. The van der Waals surface area contributed by atoms with Gasteiger partial charge in [0.1, 0.15) is 0 Å². The molecule has 0 amide bonds. The Morgan fingerprint density at radius 2 is 2.12 bits per heavy atom. The van der Waals surface area contributed by atoms with E-state index in [-0.39, 0.29) is 0 Å². The zero-order valence-corrected chi connectivity index (χ0v) is 10.6. The van der Waals surface area contributed by atoms with Crippen molar-refractivity contribution in [3.05, 3.63) is 45.9 Å². The summed E-state index contributed by atoms with van der Waals surface area (Å²) in [5, 5.41) is 10.5. The first kappa shape index (κ1) is 11.6. The molecule has 0 aliphatic heterocycles.